The molecule has 98 valence electrons. The highest BCUT2D eigenvalue weighted by Crippen LogP contribution is 2.39. The van der Waals surface area contributed by atoms with E-state index in [0.29, 0.717) is 5.92 Å². The number of hydrogen-bond donors (Lipinski definition) is 2. The Balaban J connectivity index is 2.01. The molecule has 2 N–H and O–H groups in total. The van der Waals surface area contributed by atoms with E-state index < -0.39 is 0 Å². The zero-order chi connectivity index (χ0) is 12.5. The minimum atomic E-state index is -0.277. The van der Waals surface area contributed by atoms with Gasteiger partial charge in [0.25, 0.3) is 0 Å². The smallest absolute Gasteiger partial charge is 0.240 e. The summed E-state index contributed by atoms with van der Waals surface area (Å²) < 4.78 is 0. The molecule has 1 unspecified atom stereocenters. The van der Waals surface area contributed by atoms with Gasteiger partial charge < -0.3 is 10.6 Å². The van der Waals surface area contributed by atoms with Gasteiger partial charge in [0.2, 0.25) is 5.91 Å². The maximum Gasteiger partial charge on any atom is 0.240 e. The minimum absolute atomic E-state index is 0.0257. The summed E-state index contributed by atoms with van der Waals surface area (Å²) in [7, 11) is 0. The van der Waals surface area contributed by atoms with E-state index in [4.69, 9.17) is 0 Å². The van der Waals surface area contributed by atoms with E-state index in [1.807, 2.05) is 0 Å². The summed E-state index contributed by atoms with van der Waals surface area (Å²) in [6.07, 6.45) is 6.66. The molecular weight excluding hydrogens is 212 g/mol. The molecular formula is C14H26N2O. The fourth-order valence-corrected chi connectivity index (χ4v) is 3.07. The third-order valence-electron chi connectivity index (χ3n) is 4.39. The summed E-state index contributed by atoms with van der Waals surface area (Å²) in [5, 5.41) is 6.73. The van der Waals surface area contributed by atoms with Gasteiger partial charge in [0.15, 0.2) is 0 Å². The summed E-state index contributed by atoms with van der Waals surface area (Å²) in [5.74, 6) is 0.917. The molecule has 0 aromatic carbocycles. The van der Waals surface area contributed by atoms with Gasteiger partial charge in [-0.1, -0.05) is 13.3 Å². The van der Waals surface area contributed by atoms with Crippen LogP contribution in [0.2, 0.25) is 0 Å². The number of carbonyl (C=O) groups excluding carboxylic acids is 1. The second-order valence-electron chi connectivity index (χ2n) is 6.31. The SMILES string of the molecule is CCCC1(C(=O)NC(C)(C)C2CC2)CCCN1. The van der Waals surface area contributed by atoms with Gasteiger partial charge in [-0.25, -0.2) is 0 Å². The highest BCUT2D eigenvalue weighted by molar-refractivity contribution is 5.87. The maximum absolute atomic E-state index is 12.5. The molecule has 17 heavy (non-hydrogen) atoms. The molecule has 1 aliphatic heterocycles. The highest BCUT2D eigenvalue weighted by Gasteiger charge is 2.45. The molecule has 1 atom stereocenters. The molecule has 2 fully saturated rings. The normalized spacial score (nSPS) is 29.4. The van der Waals surface area contributed by atoms with Crippen molar-refractivity contribution in [1.29, 1.82) is 0 Å². The van der Waals surface area contributed by atoms with E-state index in [0.717, 1.165) is 32.2 Å². The average Bonchev–Trinajstić information content (AvgIpc) is 3.01. The van der Waals surface area contributed by atoms with Crippen molar-refractivity contribution in [1.82, 2.24) is 10.6 Å². The minimum Gasteiger partial charge on any atom is -0.349 e. The molecule has 1 saturated heterocycles. The first-order valence-corrected chi connectivity index (χ1v) is 7.08. The monoisotopic (exact) mass is 238 g/mol. The summed E-state index contributed by atoms with van der Waals surface area (Å²) in [6.45, 7) is 7.46. The van der Waals surface area contributed by atoms with Gasteiger partial charge in [-0.3, -0.25) is 4.79 Å². The zero-order valence-electron chi connectivity index (χ0n) is 11.4. The Morgan fingerprint density at radius 2 is 2.18 bits per heavy atom. The Labute approximate surface area is 105 Å². The molecule has 0 bridgehead atoms. The number of amides is 1. The maximum atomic E-state index is 12.5. The van der Waals surface area contributed by atoms with Gasteiger partial charge in [0.1, 0.15) is 0 Å². The Kier molecular flexibility index (Phi) is 3.48. The predicted molar refractivity (Wildman–Crippen MR) is 69.8 cm³/mol. The average molecular weight is 238 g/mol. The molecule has 2 rings (SSSR count). The largest absolute Gasteiger partial charge is 0.349 e. The van der Waals surface area contributed by atoms with Crippen molar-refractivity contribution in [3.05, 3.63) is 0 Å². The van der Waals surface area contributed by atoms with Crippen molar-refractivity contribution in [2.75, 3.05) is 6.54 Å². The first kappa shape index (κ1) is 12.9. The van der Waals surface area contributed by atoms with Crippen LogP contribution in [-0.4, -0.2) is 23.5 Å². The van der Waals surface area contributed by atoms with Crippen LogP contribution in [0.3, 0.4) is 0 Å². The van der Waals surface area contributed by atoms with Gasteiger partial charge in [-0.2, -0.15) is 0 Å². The lowest BCUT2D eigenvalue weighted by Crippen LogP contribution is -2.59. The molecule has 0 radical (unpaired) electrons. The van der Waals surface area contributed by atoms with E-state index >= 15 is 0 Å². The van der Waals surface area contributed by atoms with E-state index in [1.165, 1.54) is 12.8 Å². The molecule has 3 heteroatoms. The van der Waals surface area contributed by atoms with Crippen LogP contribution in [-0.2, 0) is 4.79 Å². The second-order valence-corrected chi connectivity index (χ2v) is 6.31. The molecule has 1 saturated carbocycles. The van der Waals surface area contributed by atoms with Gasteiger partial charge in [0, 0.05) is 5.54 Å². The Morgan fingerprint density at radius 3 is 2.65 bits per heavy atom. The molecule has 1 heterocycles. The lowest BCUT2D eigenvalue weighted by atomic mass is 9.88. The fraction of sp³-hybridized carbons (Fsp3) is 0.929. The first-order chi connectivity index (χ1) is 8.00. The third kappa shape index (κ3) is 2.65. The van der Waals surface area contributed by atoms with Gasteiger partial charge in [0.05, 0.1) is 5.54 Å². The summed E-state index contributed by atoms with van der Waals surface area (Å²) in [5.41, 5.74) is -0.303. The topological polar surface area (TPSA) is 41.1 Å². The van der Waals surface area contributed by atoms with Crippen molar-refractivity contribution in [3.8, 4) is 0 Å². The van der Waals surface area contributed by atoms with Crippen LogP contribution in [0.15, 0.2) is 0 Å². The van der Waals surface area contributed by atoms with Crippen LogP contribution in [0.4, 0.5) is 0 Å². The highest BCUT2D eigenvalue weighted by atomic mass is 16.2. The van der Waals surface area contributed by atoms with Gasteiger partial charge in [-0.05, 0) is 58.4 Å². The van der Waals surface area contributed by atoms with Crippen molar-refractivity contribution in [3.63, 3.8) is 0 Å². The van der Waals surface area contributed by atoms with Crippen LogP contribution < -0.4 is 10.6 Å². The first-order valence-electron chi connectivity index (χ1n) is 7.08. The molecule has 0 spiro atoms. The predicted octanol–water partition coefficient (Wildman–Crippen LogP) is 2.21. The van der Waals surface area contributed by atoms with Gasteiger partial charge in [-0.15, -0.1) is 0 Å². The zero-order valence-corrected chi connectivity index (χ0v) is 11.4. The molecule has 3 nitrogen and oxygen atoms in total. The number of rotatable bonds is 5. The molecule has 2 aliphatic rings. The lowest BCUT2D eigenvalue weighted by Gasteiger charge is -2.34. The molecule has 1 aliphatic carbocycles. The second kappa shape index (κ2) is 4.60. The van der Waals surface area contributed by atoms with Crippen LogP contribution in [0.5, 0.6) is 0 Å². The Hall–Kier alpha value is -0.570. The summed E-state index contributed by atoms with van der Waals surface area (Å²) in [6, 6.07) is 0. The molecule has 0 aromatic rings. The Morgan fingerprint density at radius 1 is 1.47 bits per heavy atom. The van der Waals surface area contributed by atoms with E-state index in [-0.39, 0.29) is 17.0 Å². The van der Waals surface area contributed by atoms with E-state index in [9.17, 15) is 4.79 Å². The lowest BCUT2D eigenvalue weighted by molar-refractivity contribution is -0.129. The third-order valence-corrected chi connectivity index (χ3v) is 4.39. The van der Waals surface area contributed by atoms with Crippen LogP contribution in [0.25, 0.3) is 0 Å². The quantitative estimate of drug-likeness (QED) is 0.771. The number of carbonyl (C=O) groups is 1. The number of nitrogens with one attached hydrogen (secondary N) is 2. The van der Waals surface area contributed by atoms with Crippen molar-refractivity contribution in [2.45, 2.75) is 70.4 Å². The van der Waals surface area contributed by atoms with Crippen LogP contribution in [0, 0.1) is 5.92 Å². The fourth-order valence-electron chi connectivity index (χ4n) is 3.07. The van der Waals surface area contributed by atoms with Crippen LogP contribution in [0.1, 0.15) is 59.3 Å². The van der Waals surface area contributed by atoms with Crippen molar-refractivity contribution >= 4 is 5.91 Å². The van der Waals surface area contributed by atoms with E-state index in [2.05, 4.69) is 31.4 Å². The van der Waals surface area contributed by atoms with E-state index in [1.54, 1.807) is 0 Å². The summed E-state index contributed by atoms with van der Waals surface area (Å²) in [4.78, 5) is 12.5. The van der Waals surface area contributed by atoms with Crippen LogP contribution >= 0.6 is 0 Å². The molecule has 1 amide bonds. The Bertz CT molecular complexity index is 289. The standard InChI is InChI=1S/C14H26N2O/c1-4-8-14(9-5-10-15-14)12(17)16-13(2,3)11-6-7-11/h11,15H,4-10H2,1-3H3,(H,16,17). The van der Waals surface area contributed by atoms with Crippen molar-refractivity contribution in [2.24, 2.45) is 5.92 Å². The summed E-state index contributed by atoms with van der Waals surface area (Å²) >= 11 is 0. The number of hydrogen-bond acceptors (Lipinski definition) is 2. The molecule has 0 aromatic heterocycles. The van der Waals surface area contributed by atoms with Crippen molar-refractivity contribution < 1.29 is 4.79 Å². The van der Waals surface area contributed by atoms with Gasteiger partial charge >= 0.3 is 0 Å².